The van der Waals surface area contributed by atoms with E-state index in [0.717, 1.165) is 11.8 Å². The minimum atomic E-state index is -0.566. The summed E-state index contributed by atoms with van der Waals surface area (Å²) in [6, 6.07) is 5.69. The molecule has 1 N–H and O–H groups in total. The number of hydrogen-bond donors (Lipinski definition) is 1. The number of amides is 1. The molecular formula is C19H22N6O5. The molecule has 11 nitrogen and oxygen atoms in total. The van der Waals surface area contributed by atoms with Crippen molar-refractivity contribution in [3.63, 3.8) is 0 Å². The normalized spacial score (nSPS) is 10.6. The van der Waals surface area contributed by atoms with Crippen LogP contribution in [-0.2, 0) is 17.9 Å². The highest BCUT2D eigenvalue weighted by Crippen LogP contribution is 2.28. The second-order valence-corrected chi connectivity index (χ2v) is 6.28. The van der Waals surface area contributed by atoms with Gasteiger partial charge in [-0.3, -0.25) is 24.3 Å². The van der Waals surface area contributed by atoms with Crippen molar-refractivity contribution in [2.45, 2.75) is 26.9 Å². The Morgan fingerprint density at radius 1 is 1.10 bits per heavy atom. The van der Waals surface area contributed by atoms with Crippen molar-refractivity contribution in [1.82, 2.24) is 19.6 Å². The number of carbonyl (C=O) groups is 1. The van der Waals surface area contributed by atoms with Crippen LogP contribution in [0, 0.1) is 10.1 Å². The molecule has 0 aliphatic rings. The molecule has 1 aromatic carbocycles. The van der Waals surface area contributed by atoms with Crippen LogP contribution in [0.25, 0.3) is 0 Å². The summed E-state index contributed by atoms with van der Waals surface area (Å²) >= 11 is 0. The van der Waals surface area contributed by atoms with Crippen molar-refractivity contribution in [2.24, 2.45) is 0 Å². The first kappa shape index (κ1) is 20.8. The van der Waals surface area contributed by atoms with Crippen LogP contribution in [0.1, 0.15) is 19.4 Å². The Labute approximate surface area is 172 Å². The van der Waals surface area contributed by atoms with Gasteiger partial charge < -0.3 is 14.8 Å². The van der Waals surface area contributed by atoms with E-state index in [1.54, 1.807) is 10.9 Å². The van der Waals surface area contributed by atoms with E-state index in [2.05, 4.69) is 15.5 Å². The van der Waals surface area contributed by atoms with Gasteiger partial charge in [-0.25, -0.2) is 0 Å². The highest BCUT2D eigenvalue weighted by Gasteiger charge is 2.12. The lowest BCUT2D eigenvalue weighted by Crippen LogP contribution is -2.18. The van der Waals surface area contributed by atoms with Crippen LogP contribution >= 0.6 is 0 Å². The number of benzene rings is 1. The van der Waals surface area contributed by atoms with Gasteiger partial charge in [-0.15, -0.1) is 0 Å². The van der Waals surface area contributed by atoms with Crippen molar-refractivity contribution in [2.75, 3.05) is 18.5 Å². The number of nitrogens with zero attached hydrogens (tertiary/aromatic N) is 5. The molecule has 0 saturated carbocycles. The van der Waals surface area contributed by atoms with Crippen molar-refractivity contribution < 1.29 is 19.2 Å². The maximum absolute atomic E-state index is 12.1. The van der Waals surface area contributed by atoms with E-state index in [1.165, 1.54) is 17.1 Å². The summed E-state index contributed by atoms with van der Waals surface area (Å²) in [5.41, 5.74) is 1.31. The molecule has 2 heterocycles. The second kappa shape index (κ2) is 9.54. The molecule has 0 unspecified atom stereocenters. The zero-order valence-corrected chi connectivity index (χ0v) is 16.6. The standard InChI is InChI=1S/C19H22N6O5/c1-3-29-17-6-5-14(7-18(17)30-4-2)10-23-11-15(8-20-23)22-19(26)13-24-12-16(9-21-24)25(27)28/h5-9,11-12H,3-4,10,13H2,1-2H3,(H,22,26). The predicted octanol–water partition coefficient (Wildman–Crippen LogP) is 2.47. The number of anilines is 1. The van der Waals surface area contributed by atoms with E-state index in [9.17, 15) is 14.9 Å². The average Bonchev–Trinajstić information content (AvgIpc) is 3.34. The second-order valence-electron chi connectivity index (χ2n) is 6.28. The number of nitro groups is 1. The molecule has 30 heavy (non-hydrogen) atoms. The predicted molar refractivity (Wildman–Crippen MR) is 108 cm³/mol. The number of carbonyl (C=O) groups excluding carboxylic acids is 1. The maximum atomic E-state index is 12.1. The average molecular weight is 414 g/mol. The van der Waals surface area contributed by atoms with Gasteiger partial charge in [0.25, 0.3) is 0 Å². The fraction of sp³-hybridized carbons (Fsp3) is 0.316. The van der Waals surface area contributed by atoms with Gasteiger partial charge in [0, 0.05) is 6.20 Å². The van der Waals surface area contributed by atoms with Crippen molar-refractivity contribution in [1.29, 1.82) is 0 Å². The quantitative estimate of drug-likeness (QED) is 0.399. The number of rotatable bonds is 10. The van der Waals surface area contributed by atoms with Crippen molar-refractivity contribution in [3.8, 4) is 11.5 Å². The van der Waals surface area contributed by atoms with Crippen LogP contribution in [0.5, 0.6) is 11.5 Å². The Kier molecular flexibility index (Phi) is 6.63. The fourth-order valence-corrected chi connectivity index (χ4v) is 2.78. The first-order valence-electron chi connectivity index (χ1n) is 9.36. The van der Waals surface area contributed by atoms with Gasteiger partial charge in [-0.2, -0.15) is 10.2 Å². The van der Waals surface area contributed by atoms with Gasteiger partial charge >= 0.3 is 5.69 Å². The van der Waals surface area contributed by atoms with Crippen LogP contribution in [0.15, 0.2) is 43.0 Å². The third kappa shape index (κ3) is 5.34. The van der Waals surface area contributed by atoms with Gasteiger partial charge in [0.05, 0.1) is 36.6 Å². The molecule has 0 radical (unpaired) electrons. The van der Waals surface area contributed by atoms with E-state index in [4.69, 9.17) is 9.47 Å². The summed E-state index contributed by atoms with van der Waals surface area (Å²) in [6.45, 7) is 5.24. The Morgan fingerprint density at radius 2 is 1.83 bits per heavy atom. The number of ether oxygens (including phenoxy) is 2. The van der Waals surface area contributed by atoms with Crippen LogP contribution < -0.4 is 14.8 Å². The number of hydrogen-bond acceptors (Lipinski definition) is 7. The van der Waals surface area contributed by atoms with Crippen LogP contribution in [-0.4, -0.2) is 43.6 Å². The van der Waals surface area contributed by atoms with Gasteiger partial charge in [-0.05, 0) is 31.5 Å². The zero-order valence-electron chi connectivity index (χ0n) is 16.6. The molecule has 2 aromatic heterocycles. The Hall–Kier alpha value is -3.89. The summed E-state index contributed by atoms with van der Waals surface area (Å²) in [6.07, 6.45) is 5.52. The van der Waals surface area contributed by atoms with Gasteiger partial charge in [0.15, 0.2) is 11.5 Å². The lowest BCUT2D eigenvalue weighted by Gasteiger charge is -2.12. The largest absolute Gasteiger partial charge is 0.490 e. The summed E-state index contributed by atoms with van der Waals surface area (Å²) in [7, 11) is 0. The molecule has 0 saturated heterocycles. The van der Waals surface area contributed by atoms with E-state index >= 15 is 0 Å². The van der Waals surface area contributed by atoms with Gasteiger partial charge in [0.1, 0.15) is 18.9 Å². The molecule has 0 fully saturated rings. The molecular weight excluding hydrogens is 392 g/mol. The summed E-state index contributed by atoms with van der Waals surface area (Å²) in [4.78, 5) is 22.2. The summed E-state index contributed by atoms with van der Waals surface area (Å²) < 4.78 is 14.1. The molecule has 11 heteroatoms. The molecule has 3 rings (SSSR count). The van der Waals surface area contributed by atoms with E-state index in [0.29, 0.717) is 36.9 Å². The van der Waals surface area contributed by atoms with E-state index in [-0.39, 0.29) is 18.1 Å². The third-order valence-electron chi connectivity index (χ3n) is 4.01. The molecule has 158 valence electrons. The monoisotopic (exact) mass is 414 g/mol. The minimum absolute atomic E-state index is 0.143. The number of aromatic nitrogens is 4. The molecule has 0 atom stereocenters. The van der Waals surface area contributed by atoms with Crippen molar-refractivity contribution >= 4 is 17.3 Å². The highest BCUT2D eigenvalue weighted by molar-refractivity contribution is 5.90. The van der Waals surface area contributed by atoms with Gasteiger partial charge in [-0.1, -0.05) is 6.07 Å². The van der Waals surface area contributed by atoms with E-state index < -0.39 is 4.92 Å². The maximum Gasteiger partial charge on any atom is 0.307 e. The van der Waals surface area contributed by atoms with E-state index in [1.807, 2.05) is 32.0 Å². The van der Waals surface area contributed by atoms with Crippen molar-refractivity contribution in [3.05, 3.63) is 58.7 Å². The fourth-order valence-electron chi connectivity index (χ4n) is 2.78. The third-order valence-corrected chi connectivity index (χ3v) is 4.01. The smallest absolute Gasteiger partial charge is 0.307 e. The topological polar surface area (TPSA) is 126 Å². The minimum Gasteiger partial charge on any atom is -0.490 e. The lowest BCUT2D eigenvalue weighted by atomic mass is 10.2. The first-order chi connectivity index (χ1) is 14.5. The van der Waals surface area contributed by atoms with Crippen LogP contribution in [0.4, 0.5) is 11.4 Å². The zero-order chi connectivity index (χ0) is 21.5. The molecule has 0 bridgehead atoms. The molecule has 3 aromatic rings. The number of nitrogens with one attached hydrogen (secondary N) is 1. The summed E-state index contributed by atoms with van der Waals surface area (Å²) in [5.74, 6) is 0.994. The molecule has 0 aliphatic heterocycles. The van der Waals surface area contributed by atoms with Crippen LogP contribution in [0.2, 0.25) is 0 Å². The van der Waals surface area contributed by atoms with Gasteiger partial charge in [0.2, 0.25) is 5.91 Å². The lowest BCUT2D eigenvalue weighted by molar-refractivity contribution is -0.385. The Morgan fingerprint density at radius 3 is 2.53 bits per heavy atom. The molecule has 1 amide bonds. The van der Waals surface area contributed by atoms with Crippen LogP contribution in [0.3, 0.4) is 0 Å². The molecule has 0 spiro atoms. The Balaban J connectivity index is 1.61. The SMILES string of the molecule is CCOc1ccc(Cn2cc(NC(=O)Cn3cc([N+](=O)[O-])cn3)cn2)cc1OCC. The Bertz CT molecular complexity index is 1030. The summed E-state index contributed by atoms with van der Waals surface area (Å²) in [5, 5.41) is 21.4. The first-order valence-corrected chi connectivity index (χ1v) is 9.36. The molecule has 0 aliphatic carbocycles. The highest BCUT2D eigenvalue weighted by atomic mass is 16.6.